The van der Waals surface area contributed by atoms with Crippen LogP contribution in [0.25, 0.3) is 10.6 Å². The molecule has 1 aliphatic heterocycles. The monoisotopic (exact) mass is 365 g/mol. The topological polar surface area (TPSA) is 56.7 Å². The van der Waals surface area contributed by atoms with Crippen molar-refractivity contribution in [2.45, 2.75) is 32.4 Å². The molecule has 3 heterocycles. The lowest BCUT2D eigenvalue weighted by molar-refractivity contribution is -0.139. The van der Waals surface area contributed by atoms with E-state index in [4.69, 9.17) is 10.1 Å². The second kappa shape index (κ2) is 8.20. The summed E-state index contributed by atoms with van der Waals surface area (Å²) >= 11 is 3.41. The van der Waals surface area contributed by atoms with E-state index < -0.39 is 5.97 Å². The lowest BCUT2D eigenvalue weighted by Crippen LogP contribution is -2.46. The summed E-state index contributed by atoms with van der Waals surface area (Å²) in [6.45, 7) is 5.89. The third kappa shape index (κ3) is 4.42. The van der Waals surface area contributed by atoms with E-state index >= 15 is 0 Å². The molecule has 2 aromatic heterocycles. The number of nitrogens with zero attached hydrogens (tertiary/aromatic N) is 3. The summed E-state index contributed by atoms with van der Waals surface area (Å²) < 4.78 is 0. The number of carboxylic acid groups (broad SMARTS) is 1. The highest BCUT2D eigenvalue weighted by Gasteiger charge is 2.25. The Kier molecular flexibility index (Phi) is 5.99. The molecule has 0 saturated carbocycles. The Bertz CT molecular complexity index is 649. The molecule has 1 saturated heterocycles. The van der Waals surface area contributed by atoms with Gasteiger partial charge in [0, 0.05) is 42.0 Å². The zero-order valence-corrected chi connectivity index (χ0v) is 15.5. The van der Waals surface area contributed by atoms with Crippen molar-refractivity contribution in [3.05, 3.63) is 27.9 Å². The summed E-state index contributed by atoms with van der Waals surface area (Å²) in [4.78, 5) is 20.2. The van der Waals surface area contributed by atoms with Gasteiger partial charge in [-0.15, -0.1) is 11.3 Å². The lowest BCUT2D eigenvalue weighted by Gasteiger charge is -2.37. The second-order valence-electron chi connectivity index (χ2n) is 6.12. The van der Waals surface area contributed by atoms with Crippen molar-refractivity contribution in [2.24, 2.45) is 0 Å². The van der Waals surface area contributed by atoms with Crippen molar-refractivity contribution in [3.63, 3.8) is 0 Å². The number of aliphatic carboxylic acids is 1. The number of aromatic nitrogens is 1. The largest absolute Gasteiger partial charge is 0.480 e. The summed E-state index contributed by atoms with van der Waals surface area (Å²) in [5, 5.41) is 16.5. The van der Waals surface area contributed by atoms with Crippen molar-refractivity contribution in [1.82, 2.24) is 14.8 Å². The molecule has 2 aromatic rings. The van der Waals surface area contributed by atoms with Gasteiger partial charge >= 0.3 is 5.97 Å². The first kappa shape index (κ1) is 17.5. The summed E-state index contributed by atoms with van der Waals surface area (Å²) in [6, 6.07) is 2.50. The number of carbonyl (C=O) groups is 1. The van der Waals surface area contributed by atoms with Gasteiger partial charge in [-0.3, -0.25) is 14.6 Å². The van der Waals surface area contributed by atoms with E-state index in [1.165, 1.54) is 5.56 Å². The summed E-state index contributed by atoms with van der Waals surface area (Å²) in [5.74, 6) is -0.734. The molecule has 0 amide bonds. The van der Waals surface area contributed by atoms with Crippen molar-refractivity contribution < 1.29 is 9.90 Å². The minimum atomic E-state index is -0.734. The van der Waals surface area contributed by atoms with Gasteiger partial charge < -0.3 is 5.11 Å². The Labute approximate surface area is 150 Å². The van der Waals surface area contributed by atoms with E-state index in [1.54, 1.807) is 22.7 Å². The number of thiophene rings is 1. The number of rotatable bonds is 7. The summed E-state index contributed by atoms with van der Waals surface area (Å²) in [6.07, 6.45) is 2.06. The second-order valence-corrected chi connectivity index (χ2v) is 7.76. The van der Waals surface area contributed by atoms with E-state index in [1.807, 2.05) is 6.92 Å². The third-order valence-corrected chi connectivity index (χ3v) is 6.15. The first-order chi connectivity index (χ1) is 11.7. The van der Waals surface area contributed by atoms with Crippen LogP contribution in [0, 0.1) is 0 Å². The maximum atomic E-state index is 11.0. The van der Waals surface area contributed by atoms with Crippen LogP contribution in [0.4, 0.5) is 0 Å². The minimum absolute atomic E-state index is 0.150. The molecular formula is C17H23N3O2S2. The number of piperidine rings is 1. The van der Waals surface area contributed by atoms with E-state index in [-0.39, 0.29) is 6.54 Å². The van der Waals surface area contributed by atoms with Crippen LogP contribution < -0.4 is 0 Å². The van der Waals surface area contributed by atoms with Gasteiger partial charge in [-0.05, 0) is 30.8 Å². The standard InChI is InChI=1S/C17H23N3O2S2/c1-2-20(10-16(21)22)15-3-6-19(7-4-15)9-14-12-24-17(18-14)13-5-8-23-11-13/h5,8,11-12,15H,2-4,6-7,9-10H2,1H3,(H,21,22). The Morgan fingerprint density at radius 2 is 2.21 bits per heavy atom. The molecule has 5 nitrogen and oxygen atoms in total. The van der Waals surface area contributed by atoms with Crippen LogP contribution in [0.2, 0.25) is 0 Å². The first-order valence-corrected chi connectivity index (χ1v) is 10.1. The average Bonchev–Trinajstić information content (AvgIpc) is 3.24. The predicted octanol–water partition coefficient (Wildman–Crippen LogP) is 3.24. The Hall–Kier alpha value is -1.28. The number of hydrogen-bond acceptors (Lipinski definition) is 6. The van der Waals surface area contributed by atoms with Crippen LogP contribution in [-0.2, 0) is 11.3 Å². The fourth-order valence-electron chi connectivity index (χ4n) is 3.24. The van der Waals surface area contributed by atoms with Crippen LogP contribution >= 0.6 is 22.7 Å². The molecule has 0 spiro atoms. The molecule has 1 N–H and O–H groups in total. The molecule has 130 valence electrons. The van der Waals surface area contributed by atoms with Crippen molar-refractivity contribution >= 4 is 28.6 Å². The zero-order valence-electron chi connectivity index (χ0n) is 13.9. The molecule has 3 rings (SSSR count). The molecule has 1 aliphatic rings. The SMILES string of the molecule is CCN(CC(=O)O)C1CCN(Cc2csc(-c3ccsc3)n2)CC1. The quantitative estimate of drug-likeness (QED) is 0.816. The number of thiazole rings is 1. The van der Waals surface area contributed by atoms with Gasteiger partial charge in [0.1, 0.15) is 5.01 Å². The molecule has 24 heavy (non-hydrogen) atoms. The highest BCUT2D eigenvalue weighted by Crippen LogP contribution is 2.26. The zero-order chi connectivity index (χ0) is 16.9. The molecular weight excluding hydrogens is 342 g/mol. The highest BCUT2D eigenvalue weighted by atomic mass is 32.1. The van der Waals surface area contributed by atoms with Gasteiger partial charge in [-0.2, -0.15) is 11.3 Å². The van der Waals surface area contributed by atoms with Crippen molar-refractivity contribution in [3.8, 4) is 10.6 Å². The number of carboxylic acids is 1. The minimum Gasteiger partial charge on any atom is -0.480 e. The van der Waals surface area contributed by atoms with E-state index in [0.29, 0.717) is 6.04 Å². The van der Waals surface area contributed by atoms with Gasteiger partial charge in [0.05, 0.1) is 12.2 Å². The fraction of sp³-hybridized carbons (Fsp3) is 0.529. The molecule has 0 radical (unpaired) electrons. The van der Waals surface area contributed by atoms with Gasteiger partial charge in [0.2, 0.25) is 0 Å². The van der Waals surface area contributed by atoms with Crippen LogP contribution in [-0.4, -0.2) is 58.1 Å². The lowest BCUT2D eigenvalue weighted by atomic mass is 10.0. The molecule has 0 aromatic carbocycles. The van der Waals surface area contributed by atoms with Crippen molar-refractivity contribution in [1.29, 1.82) is 0 Å². The maximum Gasteiger partial charge on any atom is 0.317 e. The Morgan fingerprint density at radius 3 is 2.83 bits per heavy atom. The van der Waals surface area contributed by atoms with Crippen LogP contribution in [0.15, 0.2) is 22.2 Å². The predicted molar refractivity (Wildman–Crippen MR) is 98.6 cm³/mol. The Balaban J connectivity index is 1.51. The fourth-order valence-corrected chi connectivity index (χ4v) is 4.77. The van der Waals surface area contributed by atoms with Gasteiger partial charge in [0.25, 0.3) is 0 Å². The smallest absolute Gasteiger partial charge is 0.317 e. The first-order valence-electron chi connectivity index (χ1n) is 8.31. The van der Waals surface area contributed by atoms with Crippen LogP contribution in [0.3, 0.4) is 0 Å². The molecule has 0 aliphatic carbocycles. The molecule has 0 bridgehead atoms. The number of likely N-dealkylation sites (tertiary alicyclic amines) is 1. The Morgan fingerprint density at radius 1 is 1.42 bits per heavy atom. The summed E-state index contributed by atoms with van der Waals surface area (Å²) in [5.41, 5.74) is 2.35. The van der Waals surface area contributed by atoms with E-state index in [2.05, 4.69) is 32.0 Å². The number of hydrogen-bond donors (Lipinski definition) is 1. The van der Waals surface area contributed by atoms with E-state index in [0.717, 1.165) is 49.7 Å². The van der Waals surface area contributed by atoms with Gasteiger partial charge in [-0.1, -0.05) is 6.92 Å². The molecule has 0 unspecified atom stereocenters. The number of likely N-dealkylation sites (N-methyl/N-ethyl adjacent to an activating group) is 1. The summed E-state index contributed by atoms with van der Waals surface area (Å²) in [7, 11) is 0. The third-order valence-electron chi connectivity index (χ3n) is 4.52. The van der Waals surface area contributed by atoms with Crippen LogP contribution in [0.5, 0.6) is 0 Å². The molecule has 0 atom stereocenters. The highest BCUT2D eigenvalue weighted by molar-refractivity contribution is 7.14. The maximum absolute atomic E-state index is 11.0. The average molecular weight is 366 g/mol. The molecule has 1 fully saturated rings. The normalized spacial score (nSPS) is 16.8. The van der Waals surface area contributed by atoms with Crippen molar-refractivity contribution in [2.75, 3.05) is 26.2 Å². The van der Waals surface area contributed by atoms with Gasteiger partial charge in [0.15, 0.2) is 0 Å². The van der Waals surface area contributed by atoms with E-state index in [9.17, 15) is 4.79 Å². The van der Waals surface area contributed by atoms with Crippen LogP contribution in [0.1, 0.15) is 25.5 Å². The van der Waals surface area contributed by atoms with Gasteiger partial charge in [-0.25, -0.2) is 4.98 Å². The molecule has 7 heteroatoms.